The van der Waals surface area contributed by atoms with E-state index in [1.54, 1.807) is 36.4 Å². The molecule has 0 bridgehead atoms. The fourth-order valence-corrected chi connectivity index (χ4v) is 1.79. The third-order valence-electron chi connectivity index (χ3n) is 2.10. The quantitative estimate of drug-likeness (QED) is 0.672. The molecule has 3 heteroatoms. The Morgan fingerprint density at radius 1 is 0.867 bits per heavy atom. The molecule has 0 aromatic heterocycles. The van der Waals surface area contributed by atoms with Crippen molar-refractivity contribution in [3.05, 3.63) is 58.3 Å². The number of hydrogen-bond acceptors (Lipinski definition) is 0. The molecule has 2 aromatic carbocycles. The van der Waals surface area contributed by atoms with E-state index in [1.165, 1.54) is 6.07 Å². The maximum Gasteiger partial charge on any atom is 0.132 e. The van der Waals surface area contributed by atoms with Crippen LogP contribution in [0.5, 0.6) is 0 Å². The first-order valence-corrected chi connectivity index (χ1v) is 5.14. The molecule has 76 valence electrons. The summed E-state index contributed by atoms with van der Waals surface area (Å²) in [5.74, 6) is -0.329. The average Bonchev–Trinajstić information content (AvgIpc) is 2.20. The Balaban J connectivity index is 2.58. The largest absolute Gasteiger partial charge is 0.206 e. The van der Waals surface area contributed by atoms with Crippen LogP contribution in [0.25, 0.3) is 11.1 Å². The van der Waals surface area contributed by atoms with Gasteiger partial charge in [0.15, 0.2) is 0 Å². The highest BCUT2D eigenvalue weighted by Crippen LogP contribution is 2.30. The summed E-state index contributed by atoms with van der Waals surface area (Å²) in [6.45, 7) is 0. The molecule has 0 aliphatic heterocycles. The number of halogens is 3. The highest BCUT2D eigenvalue weighted by Gasteiger charge is 2.08. The van der Waals surface area contributed by atoms with Gasteiger partial charge in [-0.05, 0) is 29.8 Å². The van der Waals surface area contributed by atoms with Crippen LogP contribution in [-0.2, 0) is 0 Å². The standard InChI is InChI=1S/C12H7Cl2F/c13-9-6-4-8(5-7-9)12-10(14)2-1-3-11(12)15/h1-7H. The Hall–Kier alpha value is -1.05. The Morgan fingerprint density at radius 2 is 1.53 bits per heavy atom. The first-order valence-electron chi connectivity index (χ1n) is 4.38. The monoisotopic (exact) mass is 240 g/mol. The second-order valence-electron chi connectivity index (χ2n) is 3.10. The molecule has 0 fully saturated rings. The van der Waals surface area contributed by atoms with Gasteiger partial charge in [0.25, 0.3) is 0 Å². The second kappa shape index (κ2) is 4.21. The van der Waals surface area contributed by atoms with Gasteiger partial charge in [0, 0.05) is 10.6 Å². The summed E-state index contributed by atoms with van der Waals surface area (Å²) in [7, 11) is 0. The summed E-state index contributed by atoms with van der Waals surface area (Å²) in [4.78, 5) is 0. The molecule has 0 unspecified atom stereocenters. The molecule has 0 N–H and O–H groups in total. The number of rotatable bonds is 1. The van der Waals surface area contributed by atoms with Gasteiger partial charge in [0.1, 0.15) is 5.82 Å². The van der Waals surface area contributed by atoms with E-state index in [2.05, 4.69) is 0 Å². The molecule has 0 heterocycles. The van der Waals surface area contributed by atoms with E-state index in [0.717, 1.165) is 5.56 Å². The van der Waals surface area contributed by atoms with Gasteiger partial charge >= 0.3 is 0 Å². The van der Waals surface area contributed by atoms with Crippen LogP contribution in [-0.4, -0.2) is 0 Å². The van der Waals surface area contributed by atoms with Crippen molar-refractivity contribution in [2.24, 2.45) is 0 Å². The van der Waals surface area contributed by atoms with Gasteiger partial charge in [-0.3, -0.25) is 0 Å². The zero-order chi connectivity index (χ0) is 10.8. The summed E-state index contributed by atoms with van der Waals surface area (Å²) in [6.07, 6.45) is 0. The highest BCUT2D eigenvalue weighted by molar-refractivity contribution is 6.33. The molecule has 0 amide bonds. The van der Waals surface area contributed by atoms with Crippen LogP contribution in [0.1, 0.15) is 0 Å². The minimum absolute atomic E-state index is 0.329. The molecular weight excluding hydrogens is 234 g/mol. The molecule has 0 aliphatic rings. The fourth-order valence-electron chi connectivity index (χ4n) is 1.39. The molecular formula is C12H7Cl2F. The normalized spacial score (nSPS) is 10.3. The van der Waals surface area contributed by atoms with Gasteiger partial charge in [-0.1, -0.05) is 41.4 Å². The van der Waals surface area contributed by atoms with Crippen molar-refractivity contribution in [2.45, 2.75) is 0 Å². The Bertz CT molecular complexity index is 457. The summed E-state index contributed by atoms with van der Waals surface area (Å²) in [5, 5.41) is 1.02. The number of hydrogen-bond donors (Lipinski definition) is 0. The maximum absolute atomic E-state index is 13.5. The van der Waals surface area contributed by atoms with E-state index >= 15 is 0 Å². The second-order valence-corrected chi connectivity index (χ2v) is 3.95. The first kappa shape index (κ1) is 10.5. The lowest BCUT2D eigenvalue weighted by molar-refractivity contribution is 0.631. The molecule has 0 saturated carbocycles. The Kier molecular flexibility index (Phi) is 2.94. The van der Waals surface area contributed by atoms with Crippen molar-refractivity contribution >= 4 is 23.2 Å². The van der Waals surface area contributed by atoms with E-state index in [0.29, 0.717) is 15.6 Å². The van der Waals surface area contributed by atoms with E-state index < -0.39 is 0 Å². The lowest BCUT2D eigenvalue weighted by Gasteiger charge is -2.05. The van der Waals surface area contributed by atoms with E-state index in [9.17, 15) is 4.39 Å². The van der Waals surface area contributed by atoms with Gasteiger partial charge < -0.3 is 0 Å². The summed E-state index contributed by atoms with van der Waals surface area (Å²) >= 11 is 11.7. The van der Waals surface area contributed by atoms with Gasteiger partial charge in [-0.25, -0.2) is 4.39 Å². The lowest BCUT2D eigenvalue weighted by Crippen LogP contribution is -1.85. The van der Waals surface area contributed by atoms with Gasteiger partial charge in [0.05, 0.1) is 5.02 Å². The van der Waals surface area contributed by atoms with Crippen LogP contribution in [0.4, 0.5) is 4.39 Å². The van der Waals surface area contributed by atoms with Crippen LogP contribution in [0.3, 0.4) is 0 Å². The summed E-state index contributed by atoms with van der Waals surface area (Å²) < 4.78 is 13.5. The Labute approximate surface area is 97.3 Å². The molecule has 15 heavy (non-hydrogen) atoms. The smallest absolute Gasteiger partial charge is 0.132 e. The van der Waals surface area contributed by atoms with Gasteiger partial charge in [-0.15, -0.1) is 0 Å². The third kappa shape index (κ3) is 2.14. The predicted molar refractivity (Wildman–Crippen MR) is 61.9 cm³/mol. The fraction of sp³-hybridized carbons (Fsp3) is 0. The van der Waals surface area contributed by atoms with Crippen molar-refractivity contribution in [3.63, 3.8) is 0 Å². The molecule has 0 spiro atoms. The summed E-state index contributed by atoms with van der Waals surface area (Å²) in [5.41, 5.74) is 1.14. The van der Waals surface area contributed by atoms with Crippen molar-refractivity contribution in [1.29, 1.82) is 0 Å². The molecule has 2 rings (SSSR count). The summed E-state index contributed by atoms with van der Waals surface area (Å²) in [6, 6.07) is 11.5. The van der Waals surface area contributed by atoms with Gasteiger partial charge in [0.2, 0.25) is 0 Å². The third-order valence-corrected chi connectivity index (χ3v) is 2.66. The zero-order valence-corrected chi connectivity index (χ0v) is 9.19. The van der Waals surface area contributed by atoms with Crippen LogP contribution < -0.4 is 0 Å². The Morgan fingerprint density at radius 3 is 2.13 bits per heavy atom. The zero-order valence-electron chi connectivity index (χ0n) is 7.68. The van der Waals surface area contributed by atoms with Crippen molar-refractivity contribution in [3.8, 4) is 11.1 Å². The average molecular weight is 241 g/mol. The van der Waals surface area contributed by atoms with E-state index in [1.807, 2.05) is 0 Å². The topological polar surface area (TPSA) is 0 Å². The van der Waals surface area contributed by atoms with Gasteiger partial charge in [-0.2, -0.15) is 0 Å². The van der Waals surface area contributed by atoms with Crippen molar-refractivity contribution in [1.82, 2.24) is 0 Å². The predicted octanol–water partition coefficient (Wildman–Crippen LogP) is 4.80. The van der Waals surface area contributed by atoms with Crippen molar-refractivity contribution < 1.29 is 4.39 Å². The lowest BCUT2D eigenvalue weighted by atomic mass is 10.1. The molecule has 0 atom stereocenters. The van der Waals surface area contributed by atoms with Crippen LogP contribution >= 0.6 is 23.2 Å². The maximum atomic E-state index is 13.5. The van der Waals surface area contributed by atoms with Crippen LogP contribution in [0, 0.1) is 5.82 Å². The van der Waals surface area contributed by atoms with E-state index in [4.69, 9.17) is 23.2 Å². The SMILES string of the molecule is Fc1cccc(Cl)c1-c1ccc(Cl)cc1. The molecule has 0 radical (unpaired) electrons. The molecule has 0 aliphatic carbocycles. The van der Waals surface area contributed by atoms with E-state index in [-0.39, 0.29) is 5.82 Å². The van der Waals surface area contributed by atoms with Crippen molar-refractivity contribution in [2.75, 3.05) is 0 Å². The first-order chi connectivity index (χ1) is 7.18. The number of benzene rings is 2. The highest BCUT2D eigenvalue weighted by atomic mass is 35.5. The molecule has 2 aromatic rings. The molecule has 0 saturated heterocycles. The minimum atomic E-state index is -0.329. The minimum Gasteiger partial charge on any atom is -0.206 e. The van der Waals surface area contributed by atoms with Crippen LogP contribution in [0.15, 0.2) is 42.5 Å². The van der Waals surface area contributed by atoms with Crippen LogP contribution in [0.2, 0.25) is 10.0 Å². The molecule has 0 nitrogen and oxygen atoms in total.